The maximum atomic E-state index is 12.7. The van der Waals surface area contributed by atoms with E-state index in [1.54, 1.807) is 42.5 Å². The molecule has 0 saturated carbocycles. The molecule has 7 heteroatoms. The zero-order chi connectivity index (χ0) is 23.9. The van der Waals surface area contributed by atoms with Gasteiger partial charge in [0, 0.05) is 23.4 Å². The lowest BCUT2D eigenvalue weighted by Crippen LogP contribution is -2.26. The predicted octanol–water partition coefficient (Wildman–Crippen LogP) is 5.75. The molecule has 2 N–H and O–H groups in total. The van der Waals surface area contributed by atoms with E-state index in [-0.39, 0.29) is 24.0 Å². The van der Waals surface area contributed by atoms with Gasteiger partial charge in [-0.05, 0) is 83.7 Å². The van der Waals surface area contributed by atoms with Crippen LogP contribution in [0, 0.1) is 0 Å². The van der Waals surface area contributed by atoms with Gasteiger partial charge in [0.2, 0.25) is 0 Å². The second kappa shape index (κ2) is 11.3. The zero-order valence-corrected chi connectivity index (χ0v) is 20.5. The molecule has 0 aromatic heterocycles. The second-order valence-corrected chi connectivity index (χ2v) is 9.08. The molecule has 3 aromatic rings. The van der Waals surface area contributed by atoms with Crippen LogP contribution in [0.15, 0.2) is 77.3 Å². The minimum atomic E-state index is -0.249. The van der Waals surface area contributed by atoms with Crippen molar-refractivity contribution in [3.8, 4) is 5.75 Å². The van der Waals surface area contributed by atoms with Crippen LogP contribution in [0.5, 0.6) is 5.75 Å². The number of rotatable bonds is 8. The average molecular weight is 523 g/mol. The molecule has 2 unspecified atom stereocenters. The highest BCUT2D eigenvalue weighted by molar-refractivity contribution is 9.10. The maximum absolute atomic E-state index is 12.7. The Morgan fingerprint density at radius 1 is 1.03 bits per heavy atom. The van der Waals surface area contributed by atoms with E-state index >= 15 is 0 Å². The molecule has 176 valence electrons. The summed E-state index contributed by atoms with van der Waals surface area (Å²) in [5.41, 5.74) is 2.66. The van der Waals surface area contributed by atoms with Gasteiger partial charge in [-0.2, -0.15) is 0 Å². The SMILES string of the molecule is CC(NC(=O)c1ccc(NC(=O)c2ccc(OCC3CCCO3)c(Br)c2)cc1)c1ccccc1. The highest BCUT2D eigenvalue weighted by Gasteiger charge is 2.17. The monoisotopic (exact) mass is 522 g/mol. The normalized spacial score (nSPS) is 16.0. The van der Waals surface area contributed by atoms with Gasteiger partial charge in [-0.25, -0.2) is 0 Å². The molecule has 1 aliphatic rings. The molecule has 34 heavy (non-hydrogen) atoms. The average Bonchev–Trinajstić information content (AvgIpc) is 3.38. The van der Waals surface area contributed by atoms with Crippen molar-refractivity contribution in [3.63, 3.8) is 0 Å². The summed E-state index contributed by atoms with van der Waals surface area (Å²) in [5, 5.41) is 5.85. The standard InChI is InChI=1S/C27H27BrN2O4/c1-18(19-6-3-2-4-7-19)29-26(31)20-9-12-22(13-10-20)30-27(32)21-11-14-25(24(28)16-21)34-17-23-8-5-15-33-23/h2-4,6-7,9-14,16,18,23H,5,8,15,17H2,1H3,(H,29,31)(H,30,32). The van der Waals surface area contributed by atoms with Crippen LogP contribution in [0.2, 0.25) is 0 Å². The molecule has 0 radical (unpaired) electrons. The zero-order valence-electron chi connectivity index (χ0n) is 18.9. The van der Waals surface area contributed by atoms with Crippen molar-refractivity contribution >= 4 is 33.4 Å². The molecule has 3 aromatic carbocycles. The Kier molecular flexibility index (Phi) is 7.98. The Bertz CT molecular complexity index is 1130. The van der Waals surface area contributed by atoms with Gasteiger partial charge in [0.15, 0.2) is 0 Å². The van der Waals surface area contributed by atoms with E-state index in [1.165, 1.54) is 0 Å². The molecular formula is C27H27BrN2O4. The van der Waals surface area contributed by atoms with Crippen LogP contribution < -0.4 is 15.4 Å². The summed E-state index contributed by atoms with van der Waals surface area (Å²) in [4.78, 5) is 25.3. The van der Waals surface area contributed by atoms with Gasteiger partial charge in [-0.3, -0.25) is 9.59 Å². The summed E-state index contributed by atoms with van der Waals surface area (Å²) in [7, 11) is 0. The van der Waals surface area contributed by atoms with E-state index in [9.17, 15) is 9.59 Å². The molecule has 0 bridgehead atoms. The number of ether oxygens (including phenoxy) is 2. The lowest BCUT2D eigenvalue weighted by atomic mass is 10.1. The fraction of sp³-hybridized carbons (Fsp3) is 0.259. The molecule has 1 fully saturated rings. The Hall–Kier alpha value is -3.16. The van der Waals surface area contributed by atoms with Gasteiger partial charge < -0.3 is 20.1 Å². The van der Waals surface area contributed by atoms with E-state index in [1.807, 2.05) is 37.3 Å². The van der Waals surface area contributed by atoms with Crippen molar-refractivity contribution in [1.82, 2.24) is 5.32 Å². The quantitative estimate of drug-likeness (QED) is 0.394. The van der Waals surface area contributed by atoms with Gasteiger partial charge in [0.1, 0.15) is 12.4 Å². The number of hydrogen-bond donors (Lipinski definition) is 2. The van der Waals surface area contributed by atoms with Crippen molar-refractivity contribution in [2.24, 2.45) is 0 Å². The Labute approximate surface area is 207 Å². The van der Waals surface area contributed by atoms with E-state index in [0.29, 0.717) is 33.6 Å². The Balaban J connectivity index is 1.32. The molecule has 0 spiro atoms. The number of hydrogen-bond acceptors (Lipinski definition) is 4. The largest absolute Gasteiger partial charge is 0.490 e. The highest BCUT2D eigenvalue weighted by Crippen LogP contribution is 2.27. The van der Waals surface area contributed by atoms with Gasteiger partial charge >= 0.3 is 0 Å². The van der Waals surface area contributed by atoms with Gasteiger partial charge in [0.05, 0.1) is 16.6 Å². The predicted molar refractivity (Wildman–Crippen MR) is 135 cm³/mol. The maximum Gasteiger partial charge on any atom is 0.255 e. The summed E-state index contributed by atoms with van der Waals surface area (Å²) in [6, 6.07) is 21.7. The molecule has 1 aliphatic heterocycles. The molecule has 2 atom stereocenters. The third-order valence-corrected chi connectivity index (χ3v) is 6.31. The molecule has 6 nitrogen and oxygen atoms in total. The summed E-state index contributed by atoms with van der Waals surface area (Å²) in [5.74, 6) is 0.255. The minimum Gasteiger partial charge on any atom is -0.490 e. The number of halogens is 1. The van der Waals surface area contributed by atoms with Gasteiger partial charge in [0.25, 0.3) is 11.8 Å². The van der Waals surface area contributed by atoms with Crippen LogP contribution in [0.3, 0.4) is 0 Å². The molecular weight excluding hydrogens is 496 g/mol. The lowest BCUT2D eigenvalue weighted by Gasteiger charge is -2.15. The topological polar surface area (TPSA) is 76.7 Å². The highest BCUT2D eigenvalue weighted by atomic mass is 79.9. The van der Waals surface area contributed by atoms with E-state index in [4.69, 9.17) is 9.47 Å². The summed E-state index contributed by atoms with van der Waals surface area (Å²) in [6.45, 7) is 3.22. The summed E-state index contributed by atoms with van der Waals surface area (Å²) < 4.78 is 12.1. The number of amides is 2. The molecule has 1 heterocycles. The lowest BCUT2D eigenvalue weighted by molar-refractivity contribution is 0.0677. The second-order valence-electron chi connectivity index (χ2n) is 8.23. The number of anilines is 1. The van der Waals surface area contributed by atoms with Crippen molar-refractivity contribution in [2.75, 3.05) is 18.5 Å². The molecule has 2 amide bonds. The molecule has 1 saturated heterocycles. The third kappa shape index (κ3) is 6.24. The van der Waals surface area contributed by atoms with Crippen molar-refractivity contribution < 1.29 is 19.1 Å². The van der Waals surface area contributed by atoms with Gasteiger partial charge in [-0.15, -0.1) is 0 Å². The smallest absolute Gasteiger partial charge is 0.255 e. The van der Waals surface area contributed by atoms with E-state index in [0.717, 1.165) is 25.0 Å². The van der Waals surface area contributed by atoms with Crippen LogP contribution in [0.1, 0.15) is 52.1 Å². The molecule has 4 rings (SSSR count). The summed E-state index contributed by atoms with van der Waals surface area (Å²) >= 11 is 3.48. The first-order chi connectivity index (χ1) is 16.5. The van der Waals surface area contributed by atoms with Gasteiger partial charge in [-0.1, -0.05) is 30.3 Å². The Morgan fingerprint density at radius 3 is 2.44 bits per heavy atom. The first-order valence-electron chi connectivity index (χ1n) is 11.3. The number of benzene rings is 3. The van der Waals surface area contributed by atoms with Crippen molar-refractivity contribution in [3.05, 3.63) is 94.0 Å². The first kappa shape index (κ1) is 24.0. The third-order valence-electron chi connectivity index (χ3n) is 5.69. The fourth-order valence-electron chi connectivity index (χ4n) is 3.73. The first-order valence-corrected chi connectivity index (χ1v) is 12.1. The van der Waals surface area contributed by atoms with Crippen LogP contribution in [0.25, 0.3) is 0 Å². The number of nitrogens with one attached hydrogen (secondary N) is 2. The Morgan fingerprint density at radius 2 is 1.76 bits per heavy atom. The van der Waals surface area contributed by atoms with Crippen LogP contribution in [0.4, 0.5) is 5.69 Å². The van der Waals surface area contributed by atoms with Crippen molar-refractivity contribution in [2.45, 2.75) is 31.9 Å². The summed E-state index contributed by atoms with van der Waals surface area (Å²) in [6.07, 6.45) is 2.19. The van der Waals surface area contributed by atoms with Crippen LogP contribution in [-0.4, -0.2) is 31.1 Å². The van der Waals surface area contributed by atoms with E-state index in [2.05, 4.69) is 26.6 Å². The van der Waals surface area contributed by atoms with E-state index < -0.39 is 0 Å². The number of carbonyl (C=O) groups excluding carboxylic acids is 2. The fourth-order valence-corrected chi connectivity index (χ4v) is 4.22. The number of carbonyl (C=O) groups is 2. The van der Waals surface area contributed by atoms with Crippen LogP contribution in [-0.2, 0) is 4.74 Å². The molecule has 0 aliphatic carbocycles. The van der Waals surface area contributed by atoms with Crippen molar-refractivity contribution in [1.29, 1.82) is 0 Å². The van der Waals surface area contributed by atoms with Crippen LogP contribution >= 0.6 is 15.9 Å². The minimum absolute atomic E-state index is 0.107.